The van der Waals surface area contributed by atoms with E-state index in [-0.39, 0.29) is 5.91 Å². The molecule has 1 amide bonds. The lowest BCUT2D eigenvalue weighted by Crippen LogP contribution is -2.51. The molecule has 0 aliphatic carbocycles. The number of amides is 1. The van der Waals surface area contributed by atoms with Gasteiger partial charge in [-0.1, -0.05) is 18.2 Å². The van der Waals surface area contributed by atoms with Crippen LogP contribution in [0.15, 0.2) is 77.5 Å². The minimum absolute atomic E-state index is 0.0897. The van der Waals surface area contributed by atoms with Gasteiger partial charge in [-0.3, -0.25) is 4.79 Å². The van der Waals surface area contributed by atoms with E-state index in [2.05, 4.69) is 10.00 Å². The van der Waals surface area contributed by atoms with E-state index < -0.39 is 6.04 Å². The summed E-state index contributed by atoms with van der Waals surface area (Å²) < 4.78 is 25.4. The average molecular weight is 623 g/mol. The van der Waals surface area contributed by atoms with Gasteiger partial charge in [-0.15, -0.1) is 5.10 Å². The quantitative estimate of drug-likeness (QED) is 0.207. The number of hydrogen-bond donors (Lipinski definition) is 0. The second-order valence-corrected chi connectivity index (χ2v) is 10.9. The van der Waals surface area contributed by atoms with Gasteiger partial charge in [0.1, 0.15) is 23.9 Å². The molecule has 13 nitrogen and oxygen atoms in total. The minimum Gasteiger partial charge on any atom is -0.496 e. The van der Waals surface area contributed by atoms with Gasteiger partial charge in [-0.2, -0.15) is 9.61 Å². The Labute approximate surface area is 264 Å². The number of hydrogen-bond acceptors (Lipinski definition) is 10. The van der Waals surface area contributed by atoms with Crippen LogP contribution in [0.4, 0.5) is 5.69 Å². The van der Waals surface area contributed by atoms with Crippen LogP contribution in [-0.2, 0) is 9.53 Å². The summed E-state index contributed by atoms with van der Waals surface area (Å²) in [5.74, 6) is 2.90. The second-order valence-electron chi connectivity index (χ2n) is 10.9. The van der Waals surface area contributed by atoms with Gasteiger partial charge in [0.25, 0.3) is 5.91 Å². The molecular formula is C33H34N8O5. The monoisotopic (exact) mass is 622 g/mol. The molecular weight excluding hydrogens is 588 g/mol. The predicted octanol–water partition coefficient (Wildman–Crippen LogP) is 4.01. The highest BCUT2D eigenvalue weighted by Crippen LogP contribution is 2.33. The van der Waals surface area contributed by atoms with Crippen LogP contribution in [0.3, 0.4) is 0 Å². The van der Waals surface area contributed by atoms with E-state index in [1.54, 1.807) is 41.9 Å². The van der Waals surface area contributed by atoms with Crippen molar-refractivity contribution in [2.24, 2.45) is 0 Å². The molecule has 1 aliphatic heterocycles. The van der Waals surface area contributed by atoms with E-state index in [1.807, 2.05) is 66.4 Å². The molecule has 0 spiro atoms. The molecule has 13 heteroatoms. The Bertz CT molecular complexity index is 1960. The average Bonchev–Trinajstić information content (AvgIpc) is 3.87. The summed E-state index contributed by atoms with van der Waals surface area (Å²) in [6.45, 7) is 5.34. The molecule has 0 saturated carbocycles. The van der Waals surface area contributed by atoms with Crippen molar-refractivity contribution in [3.8, 4) is 23.1 Å². The van der Waals surface area contributed by atoms with Gasteiger partial charge < -0.3 is 28.4 Å². The number of rotatable bonds is 10. The highest BCUT2D eigenvalue weighted by atomic mass is 16.5. The van der Waals surface area contributed by atoms with Crippen LogP contribution in [0, 0.1) is 6.92 Å². The number of aromatic nitrogens is 6. The predicted molar refractivity (Wildman–Crippen MR) is 170 cm³/mol. The molecule has 4 aromatic heterocycles. The molecule has 1 fully saturated rings. The summed E-state index contributed by atoms with van der Waals surface area (Å²) in [4.78, 5) is 28.3. The summed E-state index contributed by atoms with van der Waals surface area (Å²) in [5, 5.41) is 10.0. The Morgan fingerprint density at radius 1 is 0.935 bits per heavy atom. The van der Waals surface area contributed by atoms with Crippen LogP contribution in [0.25, 0.3) is 28.3 Å². The smallest absolute Gasteiger partial charge is 0.252 e. The van der Waals surface area contributed by atoms with Crippen LogP contribution in [0.1, 0.15) is 17.4 Å². The van der Waals surface area contributed by atoms with Crippen molar-refractivity contribution >= 4 is 28.3 Å². The number of anilines is 1. The van der Waals surface area contributed by atoms with Crippen LogP contribution >= 0.6 is 0 Å². The number of ether oxygens (including phenoxy) is 3. The van der Waals surface area contributed by atoms with Gasteiger partial charge in [0.05, 0.1) is 31.6 Å². The first kappa shape index (κ1) is 29.3. The zero-order valence-corrected chi connectivity index (χ0v) is 25.9. The van der Waals surface area contributed by atoms with Crippen molar-refractivity contribution in [2.45, 2.75) is 13.0 Å². The molecule has 1 unspecified atom stereocenters. The number of nitrogens with zero attached hydrogens (tertiary/aromatic N) is 8. The van der Waals surface area contributed by atoms with Gasteiger partial charge in [0.2, 0.25) is 5.82 Å². The highest BCUT2D eigenvalue weighted by molar-refractivity contribution is 5.92. The molecule has 6 aromatic rings. The highest BCUT2D eigenvalue weighted by Gasteiger charge is 2.34. The zero-order valence-electron chi connectivity index (χ0n) is 25.9. The fourth-order valence-electron chi connectivity index (χ4n) is 5.85. The molecule has 236 valence electrons. The number of methoxy groups -OCH3 is 2. The maximum Gasteiger partial charge on any atom is 0.252 e. The molecule has 0 N–H and O–H groups in total. The Balaban J connectivity index is 1.19. The van der Waals surface area contributed by atoms with E-state index >= 15 is 0 Å². The van der Waals surface area contributed by atoms with E-state index in [0.717, 1.165) is 11.4 Å². The van der Waals surface area contributed by atoms with Crippen molar-refractivity contribution in [3.63, 3.8) is 0 Å². The van der Waals surface area contributed by atoms with Gasteiger partial charge in [-0.25, -0.2) is 14.6 Å². The number of para-hydroxylation sites is 1. The Kier molecular flexibility index (Phi) is 7.97. The third kappa shape index (κ3) is 5.38. The molecule has 1 atom stereocenters. The minimum atomic E-state index is -0.814. The first-order valence-electron chi connectivity index (χ1n) is 15.1. The molecule has 2 aromatic carbocycles. The number of furan rings is 1. The van der Waals surface area contributed by atoms with Gasteiger partial charge >= 0.3 is 0 Å². The number of benzene rings is 2. The van der Waals surface area contributed by atoms with Crippen LogP contribution in [-0.4, -0.2) is 93.8 Å². The molecule has 46 heavy (non-hydrogen) atoms. The molecule has 7 rings (SSSR count). The maximum absolute atomic E-state index is 14.5. The summed E-state index contributed by atoms with van der Waals surface area (Å²) in [6.07, 6.45) is 3.27. The first-order chi connectivity index (χ1) is 22.6. The Hall–Kier alpha value is -5.43. The number of carbonyl (C=O) groups excluding carboxylic acids is 1. The molecule has 5 heterocycles. The van der Waals surface area contributed by atoms with Gasteiger partial charge in [-0.05, 0) is 49.4 Å². The summed E-state index contributed by atoms with van der Waals surface area (Å²) in [6, 6.07) is 18.3. The largest absolute Gasteiger partial charge is 0.496 e. The van der Waals surface area contributed by atoms with Crippen molar-refractivity contribution in [2.75, 3.05) is 58.5 Å². The first-order valence-corrected chi connectivity index (χ1v) is 15.1. The summed E-state index contributed by atoms with van der Waals surface area (Å²) in [5.41, 5.74) is 2.88. The van der Waals surface area contributed by atoms with Gasteiger partial charge in [0, 0.05) is 44.5 Å². The fraction of sp³-hybridized carbons (Fsp3) is 0.303. The standard InChI is InChI=1S/C33H34N8O5/c1-22-35-31-26(32-36-30(37-40(22)32)28-9-6-18-46-28)21-34-41(31)29(25-7-4-5-8-27(25)44-3)33(42)39-16-14-38(15-17-39)23-10-12-24(13-11-23)45-20-19-43-2/h4-13,18,21,29H,14-17,19-20H2,1-3H3. The normalized spacial score (nSPS) is 14.2. The maximum atomic E-state index is 14.5. The number of piperazine rings is 1. The van der Waals surface area contributed by atoms with Crippen LogP contribution < -0.4 is 14.4 Å². The summed E-state index contributed by atoms with van der Waals surface area (Å²) in [7, 11) is 3.26. The lowest BCUT2D eigenvalue weighted by atomic mass is 10.0. The van der Waals surface area contributed by atoms with Crippen molar-refractivity contribution < 1.29 is 23.4 Å². The Morgan fingerprint density at radius 2 is 1.74 bits per heavy atom. The lowest BCUT2D eigenvalue weighted by molar-refractivity contribution is -0.134. The second kappa shape index (κ2) is 12.5. The van der Waals surface area contributed by atoms with Crippen LogP contribution in [0.2, 0.25) is 0 Å². The molecule has 1 aliphatic rings. The number of aryl methyl sites for hydroxylation is 1. The van der Waals surface area contributed by atoms with E-state index in [0.29, 0.717) is 84.8 Å². The number of carbonyl (C=O) groups is 1. The van der Waals surface area contributed by atoms with Crippen LogP contribution in [0.5, 0.6) is 11.5 Å². The molecule has 0 radical (unpaired) electrons. The van der Waals surface area contributed by atoms with E-state index in [4.69, 9.17) is 33.7 Å². The lowest BCUT2D eigenvalue weighted by Gasteiger charge is -2.37. The van der Waals surface area contributed by atoms with E-state index in [1.165, 1.54) is 0 Å². The molecule has 0 bridgehead atoms. The van der Waals surface area contributed by atoms with Crippen molar-refractivity contribution in [1.29, 1.82) is 0 Å². The number of fused-ring (bicyclic) bond motifs is 3. The summed E-state index contributed by atoms with van der Waals surface area (Å²) >= 11 is 0. The fourth-order valence-corrected chi connectivity index (χ4v) is 5.85. The zero-order chi connectivity index (χ0) is 31.6. The third-order valence-electron chi connectivity index (χ3n) is 8.19. The van der Waals surface area contributed by atoms with Gasteiger partial charge in [0.15, 0.2) is 23.1 Å². The molecule has 1 saturated heterocycles. The van der Waals surface area contributed by atoms with Crippen molar-refractivity contribution in [3.05, 3.63) is 84.5 Å². The Morgan fingerprint density at radius 3 is 2.48 bits per heavy atom. The SMILES string of the molecule is COCCOc1ccc(N2CCN(C(=O)C(c3ccccc3OC)n3ncc4c3nc(C)n3nc(-c5ccco5)nc43)CC2)cc1. The van der Waals surface area contributed by atoms with E-state index in [9.17, 15) is 4.79 Å². The topological polar surface area (TPSA) is 125 Å². The van der Waals surface area contributed by atoms with Crippen molar-refractivity contribution in [1.82, 2.24) is 34.3 Å². The third-order valence-corrected chi connectivity index (χ3v) is 8.19.